The van der Waals surface area contributed by atoms with Crippen LogP contribution in [0.1, 0.15) is 53.4 Å². The van der Waals surface area contributed by atoms with E-state index in [2.05, 4.69) is 10.6 Å². The Bertz CT molecular complexity index is 509. The van der Waals surface area contributed by atoms with Gasteiger partial charge in [0.1, 0.15) is 12.1 Å². The zero-order valence-corrected chi connectivity index (χ0v) is 15.8. The molecule has 150 valence electrons. The lowest BCUT2D eigenvalue weighted by Gasteiger charge is -2.26. The molecule has 4 atom stereocenters. The number of carbonyl (C=O) groups is 4. The van der Waals surface area contributed by atoms with Gasteiger partial charge in [-0.15, -0.1) is 0 Å². The van der Waals surface area contributed by atoms with Crippen molar-refractivity contribution in [2.45, 2.75) is 71.5 Å². The van der Waals surface area contributed by atoms with Gasteiger partial charge in [-0.2, -0.15) is 0 Å². The molecular formula is C17H31N3O6. The van der Waals surface area contributed by atoms with E-state index >= 15 is 0 Å². The van der Waals surface area contributed by atoms with Gasteiger partial charge in [-0.05, 0) is 24.7 Å². The van der Waals surface area contributed by atoms with Gasteiger partial charge in [-0.3, -0.25) is 14.4 Å². The first-order valence-corrected chi connectivity index (χ1v) is 8.80. The Balaban J connectivity index is 5.09. The highest BCUT2D eigenvalue weighted by atomic mass is 16.4. The van der Waals surface area contributed by atoms with Gasteiger partial charge in [-0.25, -0.2) is 4.79 Å². The van der Waals surface area contributed by atoms with E-state index in [-0.39, 0.29) is 18.3 Å². The van der Waals surface area contributed by atoms with Gasteiger partial charge in [0, 0.05) is 6.42 Å². The Morgan fingerprint density at radius 1 is 1.00 bits per heavy atom. The van der Waals surface area contributed by atoms with E-state index in [1.165, 1.54) is 0 Å². The highest BCUT2D eigenvalue weighted by Gasteiger charge is 2.31. The summed E-state index contributed by atoms with van der Waals surface area (Å²) in [4.78, 5) is 46.6. The molecule has 0 spiro atoms. The Hall–Kier alpha value is -2.16. The summed E-state index contributed by atoms with van der Waals surface area (Å²) in [6, 6.07) is -3.06. The van der Waals surface area contributed by atoms with Crippen LogP contribution in [0.2, 0.25) is 0 Å². The van der Waals surface area contributed by atoms with Crippen LogP contribution >= 0.6 is 0 Å². The number of nitrogens with two attached hydrogens (primary N) is 1. The zero-order valence-electron chi connectivity index (χ0n) is 15.8. The Labute approximate surface area is 153 Å². The monoisotopic (exact) mass is 373 g/mol. The van der Waals surface area contributed by atoms with Crippen molar-refractivity contribution < 1.29 is 29.4 Å². The zero-order chi connectivity index (χ0) is 20.4. The molecule has 0 aliphatic heterocycles. The summed E-state index contributed by atoms with van der Waals surface area (Å²) in [7, 11) is 0. The molecule has 0 rings (SSSR count). The molecule has 0 bridgehead atoms. The first kappa shape index (κ1) is 23.8. The summed E-state index contributed by atoms with van der Waals surface area (Å²) in [5.41, 5.74) is 5.84. The first-order valence-electron chi connectivity index (χ1n) is 8.80. The van der Waals surface area contributed by atoms with Gasteiger partial charge in [0.15, 0.2) is 0 Å². The number of nitrogens with one attached hydrogen (secondary N) is 2. The minimum absolute atomic E-state index is 0.207. The van der Waals surface area contributed by atoms with Crippen LogP contribution in [0.15, 0.2) is 0 Å². The minimum atomic E-state index is -1.34. The fourth-order valence-corrected chi connectivity index (χ4v) is 2.36. The number of aliphatic carboxylic acids is 2. The first-order chi connectivity index (χ1) is 12.0. The molecule has 26 heavy (non-hydrogen) atoms. The molecule has 0 aromatic heterocycles. The van der Waals surface area contributed by atoms with Crippen LogP contribution in [0.3, 0.4) is 0 Å². The summed E-state index contributed by atoms with van der Waals surface area (Å²) in [6.07, 6.45) is 0.392. The Kier molecular flexibility index (Phi) is 10.5. The summed E-state index contributed by atoms with van der Waals surface area (Å²) < 4.78 is 0. The lowest BCUT2D eigenvalue weighted by Crippen LogP contribution is -2.56. The van der Waals surface area contributed by atoms with E-state index in [0.29, 0.717) is 12.8 Å². The summed E-state index contributed by atoms with van der Waals surface area (Å²) >= 11 is 0. The molecule has 6 N–H and O–H groups in total. The van der Waals surface area contributed by atoms with E-state index in [9.17, 15) is 19.2 Å². The molecule has 0 saturated heterocycles. The summed E-state index contributed by atoms with van der Waals surface area (Å²) in [5.74, 6) is -3.67. The molecule has 0 aromatic carbocycles. The van der Waals surface area contributed by atoms with Crippen molar-refractivity contribution in [3.05, 3.63) is 0 Å². The molecule has 0 unspecified atom stereocenters. The lowest BCUT2D eigenvalue weighted by atomic mass is 9.96. The fourth-order valence-electron chi connectivity index (χ4n) is 2.36. The normalized spacial score (nSPS) is 15.6. The van der Waals surface area contributed by atoms with E-state index in [1.54, 1.807) is 6.92 Å². The lowest BCUT2D eigenvalue weighted by molar-refractivity contribution is -0.143. The highest BCUT2D eigenvalue weighted by Crippen LogP contribution is 2.11. The molecule has 0 fully saturated rings. The molecule has 2 amide bonds. The van der Waals surface area contributed by atoms with Crippen molar-refractivity contribution >= 4 is 23.8 Å². The van der Waals surface area contributed by atoms with Gasteiger partial charge in [0.25, 0.3) is 0 Å². The average molecular weight is 373 g/mol. The van der Waals surface area contributed by atoms with Crippen molar-refractivity contribution in [3.63, 3.8) is 0 Å². The number of hydrogen-bond donors (Lipinski definition) is 5. The van der Waals surface area contributed by atoms with Crippen LogP contribution in [0.5, 0.6) is 0 Å². The van der Waals surface area contributed by atoms with Crippen LogP contribution < -0.4 is 16.4 Å². The van der Waals surface area contributed by atoms with Crippen LogP contribution in [-0.2, 0) is 19.2 Å². The van der Waals surface area contributed by atoms with Gasteiger partial charge in [0.05, 0.1) is 6.04 Å². The van der Waals surface area contributed by atoms with E-state index in [4.69, 9.17) is 15.9 Å². The van der Waals surface area contributed by atoms with Crippen molar-refractivity contribution in [2.75, 3.05) is 0 Å². The molecule has 0 radical (unpaired) electrons. The smallest absolute Gasteiger partial charge is 0.326 e. The van der Waals surface area contributed by atoms with E-state index in [0.717, 1.165) is 0 Å². The number of carbonyl (C=O) groups excluding carboxylic acids is 2. The summed E-state index contributed by atoms with van der Waals surface area (Å²) in [6.45, 7) is 7.44. The molecule has 0 heterocycles. The maximum Gasteiger partial charge on any atom is 0.326 e. The second kappa shape index (κ2) is 11.5. The molecule has 0 aliphatic rings. The third-order valence-electron chi connectivity index (χ3n) is 4.12. The van der Waals surface area contributed by atoms with E-state index in [1.807, 2.05) is 20.8 Å². The summed E-state index contributed by atoms with van der Waals surface area (Å²) in [5, 5.41) is 22.8. The maximum atomic E-state index is 12.5. The van der Waals surface area contributed by atoms with Crippen molar-refractivity contribution in [2.24, 2.45) is 17.6 Å². The van der Waals surface area contributed by atoms with Gasteiger partial charge >= 0.3 is 11.9 Å². The van der Waals surface area contributed by atoms with Gasteiger partial charge in [0.2, 0.25) is 11.8 Å². The number of carboxylic acid groups (broad SMARTS) is 2. The van der Waals surface area contributed by atoms with Crippen molar-refractivity contribution in [1.82, 2.24) is 10.6 Å². The quantitative estimate of drug-likeness (QED) is 0.329. The molecule has 9 heteroatoms. The second-order valence-electron chi connectivity index (χ2n) is 6.94. The molecule has 0 aliphatic carbocycles. The van der Waals surface area contributed by atoms with Crippen molar-refractivity contribution in [3.8, 4) is 0 Å². The van der Waals surface area contributed by atoms with Crippen LogP contribution in [0.4, 0.5) is 0 Å². The number of carboxylic acids is 2. The maximum absolute atomic E-state index is 12.5. The van der Waals surface area contributed by atoms with Gasteiger partial charge < -0.3 is 26.6 Å². The molecular weight excluding hydrogens is 342 g/mol. The fraction of sp³-hybridized carbons (Fsp3) is 0.765. The predicted molar refractivity (Wildman–Crippen MR) is 95.3 cm³/mol. The SMILES string of the molecule is CC[C@H](C)[C@H](NC(=O)[C@@H](N)CC(C)C)C(=O)N[C@@H](CCC(=O)O)C(=O)O. The average Bonchev–Trinajstić information content (AvgIpc) is 2.53. The molecule has 9 nitrogen and oxygen atoms in total. The number of rotatable bonds is 12. The Morgan fingerprint density at radius 2 is 1.58 bits per heavy atom. The second-order valence-corrected chi connectivity index (χ2v) is 6.94. The van der Waals surface area contributed by atoms with Crippen LogP contribution in [-0.4, -0.2) is 52.1 Å². The third kappa shape index (κ3) is 8.80. The minimum Gasteiger partial charge on any atom is -0.481 e. The van der Waals surface area contributed by atoms with Gasteiger partial charge in [-0.1, -0.05) is 34.1 Å². The Morgan fingerprint density at radius 3 is 2.00 bits per heavy atom. The highest BCUT2D eigenvalue weighted by molar-refractivity contribution is 5.92. The predicted octanol–water partition coefficient (Wildman–Crippen LogP) is 0.325. The topological polar surface area (TPSA) is 159 Å². The largest absolute Gasteiger partial charge is 0.481 e. The third-order valence-corrected chi connectivity index (χ3v) is 4.12. The van der Waals surface area contributed by atoms with Crippen LogP contribution in [0, 0.1) is 11.8 Å². The molecule has 0 aromatic rings. The number of hydrogen-bond acceptors (Lipinski definition) is 5. The number of amides is 2. The standard InChI is InChI=1S/C17H31N3O6/c1-5-10(4)14(20-15(23)11(18)8-9(2)3)16(24)19-12(17(25)26)6-7-13(21)22/h9-12,14H,5-8,18H2,1-4H3,(H,19,24)(H,20,23)(H,21,22)(H,25,26)/t10-,11-,12-,14-/m0/s1. The van der Waals surface area contributed by atoms with E-state index < -0.39 is 48.3 Å². The molecule has 0 saturated carbocycles. The van der Waals surface area contributed by atoms with Crippen molar-refractivity contribution in [1.29, 1.82) is 0 Å². The van der Waals surface area contributed by atoms with Crippen LogP contribution in [0.25, 0.3) is 0 Å².